The Balaban J connectivity index is 1.72. The summed E-state index contributed by atoms with van der Waals surface area (Å²) in [5.41, 5.74) is 1.74. The fourth-order valence-corrected chi connectivity index (χ4v) is 4.15. The van der Waals surface area contributed by atoms with E-state index in [0.717, 1.165) is 11.1 Å². The van der Waals surface area contributed by atoms with Crippen molar-refractivity contribution in [1.82, 2.24) is 16.0 Å². The molecule has 3 rings (SSSR count). The molecule has 1 aliphatic heterocycles. The molecule has 40 heavy (non-hydrogen) atoms. The number of hydrogen-bond acceptors (Lipinski definition) is 7. The number of nitrogens with one attached hydrogen (secondary N) is 3. The maximum absolute atomic E-state index is 13.2. The standard InChI is InChI=1S/C30H37N3O7/c1-21(18-34)31-27(35)17-24-14-8-9-15-26(33-30(38)40-19-23-12-6-3-7-13-23)29(37)39-20-25(32-28(24)36)16-22-10-4-2-5-11-22/h2-13,21,24-26,34H,14-20H2,1H3,(H,31,35)(H,32,36)(H,33,38)/t21-,24-,25+,26-/m1/s1. The molecular weight excluding hydrogens is 514 g/mol. The molecule has 0 unspecified atom stereocenters. The molecule has 0 radical (unpaired) electrons. The van der Waals surface area contributed by atoms with Crippen molar-refractivity contribution in [2.75, 3.05) is 13.2 Å². The van der Waals surface area contributed by atoms with Crippen LogP contribution in [-0.4, -0.2) is 60.3 Å². The maximum Gasteiger partial charge on any atom is 0.408 e. The lowest BCUT2D eigenvalue weighted by atomic mass is 9.97. The summed E-state index contributed by atoms with van der Waals surface area (Å²) in [7, 11) is 0. The van der Waals surface area contributed by atoms with Crippen LogP contribution in [0.4, 0.5) is 4.79 Å². The Bertz CT molecular complexity index is 1140. The first-order chi connectivity index (χ1) is 19.3. The van der Waals surface area contributed by atoms with Gasteiger partial charge < -0.3 is 30.5 Å². The summed E-state index contributed by atoms with van der Waals surface area (Å²) in [5.74, 6) is -2.02. The molecule has 4 N–H and O–H groups in total. The fourth-order valence-electron chi connectivity index (χ4n) is 4.15. The fraction of sp³-hybridized carbons (Fsp3) is 0.400. The third kappa shape index (κ3) is 10.5. The number of benzene rings is 2. The number of aliphatic hydroxyl groups excluding tert-OH is 1. The van der Waals surface area contributed by atoms with Crippen molar-refractivity contribution in [1.29, 1.82) is 0 Å². The van der Waals surface area contributed by atoms with E-state index in [9.17, 15) is 24.3 Å². The number of alkyl carbamates (subject to hydrolysis) is 1. The van der Waals surface area contributed by atoms with Crippen molar-refractivity contribution in [3.63, 3.8) is 0 Å². The highest BCUT2D eigenvalue weighted by atomic mass is 16.6. The van der Waals surface area contributed by atoms with Gasteiger partial charge in [-0.05, 0) is 37.3 Å². The summed E-state index contributed by atoms with van der Waals surface area (Å²) in [6.45, 7) is 1.38. The van der Waals surface area contributed by atoms with Gasteiger partial charge in [-0.25, -0.2) is 9.59 Å². The van der Waals surface area contributed by atoms with Crippen LogP contribution in [0.2, 0.25) is 0 Å². The Morgan fingerprint density at radius 1 is 1.02 bits per heavy atom. The van der Waals surface area contributed by atoms with Gasteiger partial charge in [0.15, 0.2) is 0 Å². The van der Waals surface area contributed by atoms with Crippen LogP contribution in [0.1, 0.15) is 37.3 Å². The van der Waals surface area contributed by atoms with Crippen LogP contribution >= 0.6 is 0 Å². The molecule has 0 aromatic heterocycles. The Kier molecular flexibility index (Phi) is 12.2. The lowest BCUT2D eigenvalue weighted by molar-refractivity contribution is -0.147. The van der Waals surface area contributed by atoms with Crippen LogP contribution in [0.25, 0.3) is 0 Å². The zero-order valence-corrected chi connectivity index (χ0v) is 22.6. The first-order valence-corrected chi connectivity index (χ1v) is 13.4. The second kappa shape index (κ2) is 16.0. The van der Waals surface area contributed by atoms with Crippen LogP contribution in [0.15, 0.2) is 72.8 Å². The second-order valence-corrected chi connectivity index (χ2v) is 9.78. The molecule has 2 aromatic carbocycles. The molecular formula is C30H37N3O7. The predicted molar refractivity (Wildman–Crippen MR) is 148 cm³/mol. The number of carbonyl (C=O) groups excluding carboxylic acids is 4. The molecule has 10 heteroatoms. The van der Waals surface area contributed by atoms with E-state index in [4.69, 9.17) is 9.47 Å². The van der Waals surface area contributed by atoms with Gasteiger partial charge in [-0.3, -0.25) is 9.59 Å². The van der Waals surface area contributed by atoms with Crippen LogP contribution in [0, 0.1) is 5.92 Å². The Labute approximate surface area is 234 Å². The molecule has 4 atom stereocenters. The Hall–Kier alpha value is -4.18. The highest BCUT2D eigenvalue weighted by Crippen LogP contribution is 2.15. The average molecular weight is 552 g/mol. The van der Waals surface area contributed by atoms with E-state index in [1.807, 2.05) is 60.7 Å². The highest BCUT2D eigenvalue weighted by molar-refractivity contribution is 5.86. The van der Waals surface area contributed by atoms with Crippen LogP contribution in [0.5, 0.6) is 0 Å². The summed E-state index contributed by atoms with van der Waals surface area (Å²) < 4.78 is 10.8. The third-order valence-corrected chi connectivity index (χ3v) is 6.33. The Morgan fingerprint density at radius 3 is 2.35 bits per heavy atom. The molecule has 1 heterocycles. The predicted octanol–water partition coefficient (Wildman–Crippen LogP) is 2.41. The molecule has 0 saturated carbocycles. The van der Waals surface area contributed by atoms with Crippen molar-refractivity contribution in [2.24, 2.45) is 5.92 Å². The summed E-state index contributed by atoms with van der Waals surface area (Å²) in [4.78, 5) is 51.1. The van der Waals surface area contributed by atoms with Gasteiger partial charge in [-0.15, -0.1) is 0 Å². The van der Waals surface area contributed by atoms with E-state index in [2.05, 4.69) is 16.0 Å². The van der Waals surface area contributed by atoms with E-state index in [-0.39, 0.29) is 50.9 Å². The first kappa shape index (κ1) is 30.4. The molecule has 3 amide bonds. The number of cyclic esters (lactones) is 1. The zero-order valence-electron chi connectivity index (χ0n) is 22.6. The van der Waals surface area contributed by atoms with Crippen molar-refractivity contribution >= 4 is 23.9 Å². The largest absolute Gasteiger partial charge is 0.462 e. The quantitative estimate of drug-likeness (QED) is 0.277. The van der Waals surface area contributed by atoms with Gasteiger partial charge in [0.25, 0.3) is 0 Å². The number of esters is 1. The number of rotatable bonds is 9. The summed E-state index contributed by atoms with van der Waals surface area (Å²) in [6, 6.07) is 16.6. The van der Waals surface area contributed by atoms with E-state index in [1.165, 1.54) is 0 Å². The lowest BCUT2D eigenvalue weighted by Crippen LogP contribution is -2.47. The van der Waals surface area contributed by atoms with E-state index < -0.39 is 36.1 Å². The van der Waals surface area contributed by atoms with Gasteiger partial charge in [-0.1, -0.05) is 72.8 Å². The number of ether oxygens (including phenoxy) is 2. The topological polar surface area (TPSA) is 143 Å². The number of allylic oxidation sites excluding steroid dienone is 1. The first-order valence-electron chi connectivity index (χ1n) is 13.4. The molecule has 0 aliphatic carbocycles. The van der Waals surface area contributed by atoms with Gasteiger partial charge in [-0.2, -0.15) is 0 Å². The van der Waals surface area contributed by atoms with E-state index in [0.29, 0.717) is 6.42 Å². The summed E-state index contributed by atoms with van der Waals surface area (Å²) >= 11 is 0. The second-order valence-electron chi connectivity index (χ2n) is 9.78. The molecule has 0 saturated heterocycles. The third-order valence-electron chi connectivity index (χ3n) is 6.33. The SMILES string of the molecule is C[C@H](CO)NC(=O)C[C@H]1CC=CC[C@@H](NC(=O)OCc2ccccc2)C(=O)OC[C@H](Cc2ccccc2)NC1=O. The van der Waals surface area contributed by atoms with Crippen molar-refractivity contribution in [3.05, 3.63) is 83.9 Å². The molecule has 2 aromatic rings. The zero-order chi connectivity index (χ0) is 28.7. The van der Waals surface area contributed by atoms with Gasteiger partial charge in [0.2, 0.25) is 11.8 Å². The minimum Gasteiger partial charge on any atom is -0.462 e. The van der Waals surface area contributed by atoms with Crippen molar-refractivity contribution in [2.45, 2.75) is 57.3 Å². The molecule has 0 fully saturated rings. The lowest BCUT2D eigenvalue weighted by Gasteiger charge is -2.24. The van der Waals surface area contributed by atoms with Crippen LogP contribution < -0.4 is 16.0 Å². The monoisotopic (exact) mass is 551 g/mol. The number of aliphatic hydroxyl groups is 1. The smallest absolute Gasteiger partial charge is 0.408 e. The minimum atomic E-state index is -1.00. The summed E-state index contributed by atoms with van der Waals surface area (Å²) in [6.07, 6.45) is 3.29. The van der Waals surface area contributed by atoms with Crippen LogP contribution in [0.3, 0.4) is 0 Å². The Morgan fingerprint density at radius 2 is 1.68 bits per heavy atom. The van der Waals surface area contributed by atoms with Crippen molar-refractivity contribution < 1.29 is 33.8 Å². The number of hydrogen-bond donors (Lipinski definition) is 4. The van der Waals surface area contributed by atoms with Gasteiger partial charge in [0.1, 0.15) is 19.3 Å². The normalized spacial score (nSPS) is 20.6. The number of amides is 3. The van der Waals surface area contributed by atoms with E-state index in [1.54, 1.807) is 19.1 Å². The summed E-state index contributed by atoms with van der Waals surface area (Å²) in [5, 5.41) is 17.4. The molecule has 0 spiro atoms. The molecule has 214 valence electrons. The minimum absolute atomic E-state index is 0.0497. The van der Waals surface area contributed by atoms with E-state index >= 15 is 0 Å². The number of carbonyl (C=O) groups is 4. The highest BCUT2D eigenvalue weighted by Gasteiger charge is 2.28. The van der Waals surface area contributed by atoms with Crippen LogP contribution in [-0.2, 0) is 36.9 Å². The van der Waals surface area contributed by atoms with Gasteiger partial charge >= 0.3 is 12.1 Å². The van der Waals surface area contributed by atoms with Gasteiger partial charge in [0.05, 0.1) is 18.6 Å². The average Bonchev–Trinajstić information content (AvgIpc) is 2.95. The maximum atomic E-state index is 13.2. The van der Waals surface area contributed by atoms with Gasteiger partial charge in [0, 0.05) is 12.5 Å². The molecule has 10 nitrogen and oxygen atoms in total. The molecule has 1 aliphatic rings. The molecule has 0 bridgehead atoms. The van der Waals surface area contributed by atoms with Crippen molar-refractivity contribution in [3.8, 4) is 0 Å².